The lowest BCUT2D eigenvalue weighted by Gasteiger charge is -2.32. The van der Waals surface area contributed by atoms with Crippen molar-refractivity contribution in [2.75, 3.05) is 13.1 Å². The van der Waals surface area contributed by atoms with Crippen molar-refractivity contribution in [1.29, 1.82) is 0 Å². The molecule has 2 aromatic heterocycles. The van der Waals surface area contributed by atoms with Crippen LogP contribution < -0.4 is 5.32 Å². The van der Waals surface area contributed by atoms with Gasteiger partial charge in [-0.05, 0) is 68.8 Å². The number of rotatable bonds is 3. The normalized spacial score (nSPS) is 27.2. The molecule has 1 aliphatic heterocycles. The van der Waals surface area contributed by atoms with Crippen molar-refractivity contribution in [3.63, 3.8) is 0 Å². The van der Waals surface area contributed by atoms with E-state index in [1.807, 2.05) is 17.8 Å². The average Bonchev–Trinajstić information content (AvgIpc) is 3.07. The zero-order valence-electron chi connectivity index (χ0n) is 17.3. The molecule has 5 rings (SSSR count). The summed E-state index contributed by atoms with van der Waals surface area (Å²) in [4.78, 5) is 9.36. The summed E-state index contributed by atoms with van der Waals surface area (Å²) in [5.41, 5.74) is 4.33. The zero-order chi connectivity index (χ0) is 20.1. The minimum atomic E-state index is -0.857. The number of hydrogen-bond acceptors (Lipinski definition) is 4. The van der Waals surface area contributed by atoms with Crippen molar-refractivity contribution in [1.82, 2.24) is 25.1 Å². The standard InChI is InChI=1S/C23H28FN5/c1-13-6-16(7-13)21-10-23(28-15(3)27-21)29-22-9-19(14(2)8-17(22)11-26-29)18-4-5-25-12-20(18)24/h8-11,13,16,18,20,25H,4-7,12H2,1-3H3. The molecule has 1 saturated carbocycles. The van der Waals surface area contributed by atoms with Gasteiger partial charge in [-0.1, -0.05) is 6.92 Å². The molecule has 0 spiro atoms. The number of aromatic nitrogens is 4. The SMILES string of the molecule is Cc1nc(C2CC(C)C2)cc(-n2ncc3cc(C)c(C4CCNCC4F)cc32)n1. The lowest BCUT2D eigenvalue weighted by Crippen LogP contribution is -2.36. The molecule has 0 bridgehead atoms. The fourth-order valence-electron chi connectivity index (χ4n) is 4.99. The van der Waals surface area contributed by atoms with Crippen LogP contribution in [0.4, 0.5) is 4.39 Å². The quantitative estimate of drug-likeness (QED) is 0.718. The molecule has 6 heteroatoms. The first-order chi connectivity index (χ1) is 14.0. The van der Waals surface area contributed by atoms with Crippen LogP contribution in [0.5, 0.6) is 0 Å². The Labute approximate surface area is 170 Å². The molecule has 3 heterocycles. The number of hydrogen-bond donors (Lipinski definition) is 1. The predicted octanol–water partition coefficient (Wildman–Crippen LogP) is 4.36. The molecule has 1 aromatic carbocycles. The highest BCUT2D eigenvalue weighted by Gasteiger charge is 2.30. The van der Waals surface area contributed by atoms with Gasteiger partial charge in [-0.15, -0.1) is 0 Å². The number of aryl methyl sites for hydroxylation is 2. The molecule has 152 valence electrons. The summed E-state index contributed by atoms with van der Waals surface area (Å²) < 4.78 is 16.5. The Morgan fingerprint density at radius 3 is 2.72 bits per heavy atom. The van der Waals surface area contributed by atoms with E-state index in [1.165, 1.54) is 12.8 Å². The number of benzene rings is 1. The first-order valence-corrected chi connectivity index (χ1v) is 10.7. The van der Waals surface area contributed by atoms with Crippen LogP contribution in [0.15, 0.2) is 24.4 Å². The van der Waals surface area contributed by atoms with Crippen molar-refractivity contribution in [2.45, 2.75) is 58.0 Å². The summed E-state index contributed by atoms with van der Waals surface area (Å²) in [6.07, 6.45) is 4.21. The summed E-state index contributed by atoms with van der Waals surface area (Å²) in [7, 11) is 0. The highest BCUT2D eigenvalue weighted by molar-refractivity contribution is 5.82. The van der Waals surface area contributed by atoms with Crippen LogP contribution in [0.25, 0.3) is 16.7 Å². The van der Waals surface area contributed by atoms with Gasteiger partial charge in [-0.2, -0.15) is 5.10 Å². The van der Waals surface area contributed by atoms with Gasteiger partial charge in [-0.3, -0.25) is 0 Å². The van der Waals surface area contributed by atoms with Gasteiger partial charge >= 0.3 is 0 Å². The molecule has 1 N–H and O–H groups in total. The third-order valence-corrected chi connectivity index (χ3v) is 6.62. The second kappa shape index (κ2) is 7.17. The zero-order valence-corrected chi connectivity index (χ0v) is 17.3. The van der Waals surface area contributed by atoms with Crippen LogP contribution in [0.2, 0.25) is 0 Å². The van der Waals surface area contributed by atoms with E-state index in [-0.39, 0.29) is 5.92 Å². The van der Waals surface area contributed by atoms with Gasteiger partial charge in [0.2, 0.25) is 0 Å². The second-order valence-electron chi connectivity index (χ2n) is 8.91. The van der Waals surface area contributed by atoms with Crippen molar-refractivity contribution in [3.8, 4) is 5.82 Å². The van der Waals surface area contributed by atoms with Crippen LogP contribution >= 0.6 is 0 Å². The molecular formula is C23H28FN5. The van der Waals surface area contributed by atoms with E-state index in [2.05, 4.69) is 52.4 Å². The number of halogens is 1. The van der Waals surface area contributed by atoms with Crippen LogP contribution in [0.1, 0.15) is 60.7 Å². The van der Waals surface area contributed by atoms with Gasteiger partial charge in [0, 0.05) is 35.5 Å². The molecule has 1 aliphatic carbocycles. The largest absolute Gasteiger partial charge is 0.314 e. The van der Waals surface area contributed by atoms with Crippen molar-refractivity contribution in [2.24, 2.45) is 5.92 Å². The third kappa shape index (κ3) is 3.33. The topological polar surface area (TPSA) is 55.6 Å². The van der Waals surface area contributed by atoms with Gasteiger partial charge in [0.25, 0.3) is 0 Å². The predicted molar refractivity (Wildman–Crippen MR) is 112 cm³/mol. The van der Waals surface area contributed by atoms with E-state index in [4.69, 9.17) is 0 Å². The van der Waals surface area contributed by atoms with Gasteiger partial charge in [0.05, 0.1) is 11.7 Å². The molecule has 2 unspecified atom stereocenters. The van der Waals surface area contributed by atoms with Crippen molar-refractivity contribution in [3.05, 3.63) is 47.0 Å². The number of alkyl halides is 1. The third-order valence-electron chi connectivity index (χ3n) is 6.62. The molecule has 3 aromatic rings. The smallest absolute Gasteiger partial charge is 0.157 e. The Kier molecular flexibility index (Phi) is 4.62. The Bertz CT molecular complexity index is 1050. The Balaban J connectivity index is 1.58. The monoisotopic (exact) mass is 393 g/mol. The van der Waals surface area contributed by atoms with Gasteiger partial charge in [0.1, 0.15) is 12.0 Å². The Morgan fingerprint density at radius 2 is 1.97 bits per heavy atom. The van der Waals surface area contributed by atoms with E-state index < -0.39 is 6.17 Å². The summed E-state index contributed by atoms with van der Waals surface area (Å²) in [5, 5.41) is 8.84. The first kappa shape index (κ1) is 18.7. The van der Waals surface area contributed by atoms with Crippen molar-refractivity contribution < 1.29 is 4.39 Å². The lowest BCUT2D eigenvalue weighted by atomic mass is 9.74. The molecule has 2 aliphatic rings. The summed E-state index contributed by atoms with van der Waals surface area (Å²) in [5.74, 6) is 2.80. The number of nitrogens with one attached hydrogen (secondary N) is 1. The van der Waals surface area contributed by atoms with Gasteiger partial charge < -0.3 is 5.32 Å². The van der Waals surface area contributed by atoms with E-state index >= 15 is 0 Å². The molecule has 5 nitrogen and oxygen atoms in total. The highest BCUT2D eigenvalue weighted by atomic mass is 19.1. The van der Waals surface area contributed by atoms with E-state index in [0.29, 0.717) is 12.5 Å². The maximum Gasteiger partial charge on any atom is 0.157 e. The molecule has 29 heavy (non-hydrogen) atoms. The highest BCUT2D eigenvalue weighted by Crippen LogP contribution is 2.41. The summed E-state index contributed by atoms with van der Waals surface area (Å²) in [6.45, 7) is 7.59. The lowest BCUT2D eigenvalue weighted by molar-refractivity contribution is 0.231. The number of nitrogens with zero attached hydrogens (tertiary/aromatic N) is 4. The number of fused-ring (bicyclic) bond motifs is 1. The minimum absolute atomic E-state index is 0.0665. The van der Waals surface area contributed by atoms with E-state index in [0.717, 1.165) is 58.2 Å². The van der Waals surface area contributed by atoms with Crippen molar-refractivity contribution >= 4 is 10.9 Å². The van der Waals surface area contributed by atoms with Gasteiger partial charge in [0.15, 0.2) is 5.82 Å². The average molecular weight is 394 g/mol. The fourth-order valence-corrected chi connectivity index (χ4v) is 4.99. The summed E-state index contributed by atoms with van der Waals surface area (Å²) >= 11 is 0. The Morgan fingerprint density at radius 1 is 1.14 bits per heavy atom. The maximum absolute atomic E-state index is 14.6. The molecule has 0 radical (unpaired) electrons. The Hall–Kier alpha value is -2.34. The van der Waals surface area contributed by atoms with Crippen LogP contribution in [-0.2, 0) is 0 Å². The van der Waals surface area contributed by atoms with E-state index in [1.54, 1.807) is 0 Å². The molecule has 2 fully saturated rings. The molecule has 2 atom stereocenters. The van der Waals surface area contributed by atoms with Gasteiger partial charge in [-0.25, -0.2) is 19.0 Å². The fraction of sp³-hybridized carbons (Fsp3) is 0.522. The summed E-state index contributed by atoms with van der Waals surface area (Å²) in [6, 6.07) is 6.34. The number of piperidine rings is 1. The second-order valence-corrected chi connectivity index (χ2v) is 8.91. The maximum atomic E-state index is 14.6. The van der Waals surface area contributed by atoms with E-state index in [9.17, 15) is 4.39 Å². The van der Waals surface area contributed by atoms with Crippen LogP contribution in [-0.4, -0.2) is 39.0 Å². The molecule has 0 amide bonds. The molecular weight excluding hydrogens is 365 g/mol. The molecule has 1 saturated heterocycles. The van der Waals surface area contributed by atoms with Crippen LogP contribution in [0.3, 0.4) is 0 Å². The minimum Gasteiger partial charge on any atom is -0.314 e. The van der Waals surface area contributed by atoms with Crippen LogP contribution in [0, 0.1) is 19.8 Å². The first-order valence-electron chi connectivity index (χ1n) is 10.7.